The summed E-state index contributed by atoms with van der Waals surface area (Å²) in [6.07, 6.45) is -1.73. The van der Waals surface area contributed by atoms with Crippen molar-refractivity contribution in [2.45, 2.75) is 63.4 Å². The molecule has 4 atom stereocenters. The number of aliphatic imine (C=N–C) groups is 2. The Morgan fingerprint density at radius 2 is 2.10 bits per heavy atom. The molecule has 3 aliphatic rings. The molecule has 1 saturated carbocycles. The third-order valence-electron chi connectivity index (χ3n) is 7.04. The number of hydrogen-bond donors (Lipinski definition) is 1. The van der Waals surface area contributed by atoms with Gasteiger partial charge in [-0.2, -0.15) is 18.4 Å². The minimum absolute atomic E-state index is 0.109. The Hall–Kier alpha value is -2.40. The fraction of sp³-hybridized carbons (Fsp3) is 0.591. The first-order valence-corrected chi connectivity index (χ1v) is 10.2. The lowest BCUT2D eigenvalue weighted by Gasteiger charge is -2.47. The predicted octanol–water partition coefficient (Wildman–Crippen LogP) is 4.24. The zero-order valence-corrected chi connectivity index (χ0v) is 17.1. The van der Waals surface area contributed by atoms with Crippen molar-refractivity contribution in [2.24, 2.45) is 27.1 Å². The topological polar surface area (TPSA) is 83.8 Å². The number of ether oxygens (including phenoxy) is 1. The molecule has 8 heteroatoms. The van der Waals surface area contributed by atoms with E-state index in [-0.39, 0.29) is 23.6 Å². The molecular weight excluding hydrogens is 393 g/mol. The van der Waals surface area contributed by atoms with Crippen LogP contribution in [0.4, 0.5) is 13.2 Å². The molecule has 1 heterocycles. The molecule has 4 rings (SSSR count). The van der Waals surface area contributed by atoms with Gasteiger partial charge in [-0.1, -0.05) is 19.4 Å². The second kappa shape index (κ2) is 7.09. The van der Waals surface area contributed by atoms with E-state index in [1.807, 2.05) is 6.07 Å². The van der Waals surface area contributed by atoms with Crippen molar-refractivity contribution in [2.75, 3.05) is 7.11 Å². The Bertz CT molecular complexity index is 964. The summed E-state index contributed by atoms with van der Waals surface area (Å²) in [6.45, 7) is 2.10. The third-order valence-corrected chi connectivity index (χ3v) is 7.04. The number of benzene rings is 1. The van der Waals surface area contributed by atoms with E-state index in [2.05, 4.69) is 23.0 Å². The van der Waals surface area contributed by atoms with Gasteiger partial charge in [0.15, 0.2) is 5.66 Å². The van der Waals surface area contributed by atoms with Gasteiger partial charge in [-0.05, 0) is 49.3 Å². The van der Waals surface area contributed by atoms with Crippen molar-refractivity contribution in [1.29, 1.82) is 5.26 Å². The number of alkyl halides is 3. The molecule has 2 spiro atoms. The van der Waals surface area contributed by atoms with Crippen molar-refractivity contribution < 1.29 is 17.9 Å². The fourth-order valence-corrected chi connectivity index (χ4v) is 5.68. The summed E-state index contributed by atoms with van der Waals surface area (Å²) in [5.41, 5.74) is 6.26. The summed E-state index contributed by atoms with van der Waals surface area (Å²) < 4.78 is 45.2. The zero-order valence-electron chi connectivity index (χ0n) is 17.1. The predicted molar refractivity (Wildman–Crippen MR) is 107 cm³/mol. The molecule has 160 valence electrons. The van der Waals surface area contributed by atoms with Crippen LogP contribution in [-0.4, -0.2) is 30.9 Å². The van der Waals surface area contributed by atoms with Crippen molar-refractivity contribution in [3.8, 4) is 6.07 Å². The maximum absolute atomic E-state index is 13.2. The van der Waals surface area contributed by atoms with Gasteiger partial charge in [0.2, 0.25) is 0 Å². The van der Waals surface area contributed by atoms with Gasteiger partial charge in [-0.25, -0.2) is 4.99 Å². The largest absolute Gasteiger partial charge is 0.394 e. The van der Waals surface area contributed by atoms with Gasteiger partial charge in [-0.15, -0.1) is 0 Å². The summed E-state index contributed by atoms with van der Waals surface area (Å²) >= 11 is 0. The van der Waals surface area contributed by atoms with Gasteiger partial charge in [0.25, 0.3) is 0 Å². The molecule has 2 N–H and O–H groups in total. The van der Waals surface area contributed by atoms with Crippen LogP contribution >= 0.6 is 0 Å². The Morgan fingerprint density at radius 3 is 2.73 bits per heavy atom. The Balaban J connectivity index is 1.88. The van der Waals surface area contributed by atoms with Gasteiger partial charge in [0.1, 0.15) is 5.84 Å². The first kappa shape index (κ1) is 20.9. The maximum atomic E-state index is 13.2. The summed E-state index contributed by atoms with van der Waals surface area (Å²) in [5.74, 6) is 0.104. The van der Waals surface area contributed by atoms with Crippen LogP contribution in [0.25, 0.3) is 0 Å². The van der Waals surface area contributed by atoms with E-state index in [1.165, 1.54) is 0 Å². The van der Waals surface area contributed by atoms with Crippen LogP contribution in [0.2, 0.25) is 0 Å². The molecule has 2 aliphatic carbocycles. The quantitative estimate of drug-likeness (QED) is 0.797. The van der Waals surface area contributed by atoms with Crippen molar-refractivity contribution in [1.82, 2.24) is 0 Å². The SMILES string of the molecule is CC[C@@H]1C[C@]2(CC[C@H]1OC)Cc1ccc(C#N)cc1[C@]21N=C(N)C(CC(F)(F)F)=N1. The van der Waals surface area contributed by atoms with Crippen LogP contribution in [0.1, 0.15) is 55.7 Å². The lowest BCUT2D eigenvalue weighted by Crippen LogP contribution is -2.47. The van der Waals surface area contributed by atoms with E-state index < -0.39 is 23.7 Å². The van der Waals surface area contributed by atoms with Crippen molar-refractivity contribution in [3.05, 3.63) is 34.9 Å². The van der Waals surface area contributed by atoms with E-state index >= 15 is 0 Å². The highest BCUT2D eigenvalue weighted by Crippen LogP contribution is 2.63. The molecule has 1 aromatic carbocycles. The van der Waals surface area contributed by atoms with Crippen molar-refractivity contribution >= 4 is 11.5 Å². The van der Waals surface area contributed by atoms with E-state index in [1.54, 1.807) is 19.2 Å². The number of rotatable bonds is 3. The second-order valence-corrected chi connectivity index (χ2v) is 8.65. The van der Waals surface area contributed by atoms with Crippen LogP contribution < -0.4 is 5.73 Å². The molecule has 1 fully saturated rings. The molecule has 5 nitrogen and oxygen atoms in total. The normalized spacial score (nSPS) is 32.8. The Kier molecular flexibility index (Phi) is 4.93. The smallest absolute Gasteiger partial charge is 0.382 e. The lowest BCUT2D eigenvalue weighted by molar-refractivity contribution is -0.120. The standard InChI is InChI=1S/C22H25F3N4O/c1-3-14-9-20(7-6-18(14)30-2)10-15-5-4-13(12-26)8-16(15)22(20)28-17(19(27)29-22)11-21(23,24)25/h4-5,8,14,18H,3,6-7,9-11H2,1-2H3,(H2,27,29)/t14-,18-,20-,22+/m1/s1. The number of nitrogens with two attached hydrogens (primary N) is 1. The average molecular weight is 418 g/mol. The number of nitriles is 1. The number of nitrogens with zero attached hydrogens (tertiary/aromatic N) is 3. The molecular formula is C22H25F3N4O. The van der Waals surface area contributed by atoms with Crippen LogP contribution in [0.3, 0.4) is 0 Å². The van der Waals surface area contributed by atoms with Gasteiger partial charge >= 0.3 is 6.18 Å². The summed E-state index contributed by atoms with van der Waals surface area (Å²) in [6, 6.07) is 7.48. The van der Waals surface area contributed by atoms with Gasteiger partial charge in [0, 0.05) is 18.1 Å². The molecule has 0 bridgehead atoms. The first-order chi connectivity index (χ1) is 14.2. The highest BCUT2D eigenvalue weighted by atomic mass is 19.4. The van der Waals surface area contributed by atoms with E-state index in [0.29, 0.717) is 17.5 Å². The lowest BCUT2D eigenvalue weighted by atomic mass is 9.61. The van der Waals surface area contributed by atoms with Crippen LogP contribution in [0.5, 0.6) is 0 Å². The molecule has 1 aromatic rings. The number of fused-ring (bicyclic) bond motifs is 3. The third kappa shape index (κ3) is 3.11. The molecule has 0 aromatic heterocycles. The molecule has 0 amide bonds. The minimum Gasteiger partial charge on any atom is -0.382 e. The van der Waals surface area contributed by atoms with E-state index in [4.69, 9.17) is 10.5 Å². The molecule has 30 heavy (non-hydrogen) atoms. The number of hydrogen-bond acceptors (Lipinski definition) is 5. The van der Waals surface area contributed by atoms with Crippen LogP contribution in [0.15, 0.2) is 28.2 Å². The fourth-order valence-electron chi connectivity index (χ4n) is 5.68. The van der Waals surface area contributed by atoms with Gasteiger partial charge in [0.05, 0.1) is 29.9 Å². The van der Waals surface area contributed by atoms with Crippen molar-refractivity contribution in [3.63, 3.8) is 0 Å². The Morgan fingerprint density at radius 1 is 1.33 bits per heavy atom. The number of amidine groups is 1. The number of halogens is 3. The first-order valence-electron chi connectivity index (χ1n) is 10.2. The monoisotopic (exact) mass is 418 g/mol. The number of methoxy groups -OCH3 is 1. The summed E-state index contributed by atoms with van der Waals surface area (Å²) in [7, 11) is 1.70. The van der Waals surface area contributed by atoms with Crippen LogP contribution in [0, 0.1) is 22.7 Å². The summed E-state index contributed by atoms with van der Waals surface area (Å²) in [5, 5.41) is 9.39. The van der Waals surface area contributed by atoms with Crippen LogP contribution in [-0.2, 0) is 16.8 Å². The highest BCUT2D eigenvalue weighted by Gasteiger charge is 2.62. The minimum atomic E-state index is -4.42. The molecule has 1 aliphatic heterocycles. The van der Waals surface area contributed by atoms with Gasteiger partial charge < -0.3 is 10.5 Å². The second-order valence-electron chi connectivity index (χ2n) is 8.65. The molecule has 0 saturated heterocycles. The highest BCUT2D eigenvalue weighted by molar-refractivity contribution is 6.42. The van der Waals surface area contributed by atoms with Gasteiger partial charge in [-0.3, -0.25) is 4.99 Å². The van der Waals surface area contributed by atoms with E-state index in [9.17, 15) is 18.4 Å². The molecule has 0 unspecified atom stereocenters. The summed E-state index contributed by atoms with van der Waals surface area (Å²) in [4.78, 5) is 9.26. The zero-order chi connectivity index (χ0) is 21.7. The average Bonchev–Trinajstić information content (AvgIpc) is 3.15. The maximum Gasteiger partial charge on any atom is 0.394 e. The van der Waals surface area contributed by atoms with E-state index in [0.717, 1.165) is 31.2 Å². The molecule has 0 radical (unpaired) electrons. The Labute approximate surface area is 173 Å².